The van der Waals surface area contributed by atoms with Crippen molar-refractivity contribution in [3.05, 3.63) is 47.5 Å². The molecule has 6 rings (SSSR count). The minimum Gasteiger partial charge on any atom is -0.487 e. The van der Waals surface area contributed by atoms with E-state index in [1.54, 1.807) is 24.3 Å². The largest absolute Gasteiger partial charge is 0.487 e. The molecular weight excluding hydrogens is 502 g/mol. The van der Waals surface area contributed by atoms with Gasteiger partial charge in [0.25, 0.3) is 5.91 Å². The van der Waals surface area contributed by atoms with Gasteiger partial charge in [-0.15, -0.1) is 0 Å². The predicted molar refractivity (Wildman–Crippen MR) is 142 cm³/mol. The van der Waals surface area contributed by atoms with Crippen LogP contribution in [0.15, 0.2) is 36.4 Å². The number of benzene rings is 2. The summed E-state index contributed by atoms with van der Waals surface area (Å²) in [4.78, 5) is 28.0. The van der Waals surface area contributed by atoms with Gasteiger partial charge in [0, 0.05) is 35.8 Å². The third-order valence-electron chi connectivity index (χ3n) is 8.00. The Kier molecular flexibility index (Phi) is 7.58. The van der Waals surface area contributed by atoms with E-state index in [1.807, 2.05) is 12.1 Å². The number of hydrogen-bond acceptors (Lipinski definition) is 8. The zero-order valence-electron chi connectivity index (χ0n) is 21.9. The first-order valence-electron chi connectivity index (χ1n) is 13.8. The van der Waals surface area contributed by atoms with Gasteiger partial charge in [-0.05, 0) is 68.8 Å². The number of rotatable bonds is 8. The minimum absolute atomic E-state index is 0.0453. The first-order valence-corrected chi connectivity index (χ1v) is 13.8. The Morgan fingerprint density at radius 2 is 1.82 bits per heavy atom. The number of aliphatic hydroxyl groups is 1. The quantitative estimate of drug-likeness (QED) is 0.471. The van der Waals surface area contributed by atoms with Crippen molar-refractivity contribution in [2.75, 3.05) is 44.9 Å². The molecule has 0 spiro atoms. The molecule has 0 aliphatic carbocycles. The molecule has 10 heteroatoms. The second-order valence-corrected chi connectivity index (χ2v) is 10.6. The second-order valence-electron chi connectivity index (χ2n) is 10.6. The molecule has 2 amide bonds. The third-order valence-corrected chi connectivity index (χ3v) is 8.00. The summed E-state index contributed by atoms with van der Waals surface area (Å²) in [6.45, 7) is 3.63. The van der Waals surface area contributed by atoms with E-state index in [1.165, 1.54) is 19.3 Å². The van der Waals surface area contributed by atoms with Crippen LogP contribution in [0, 0.1) is 0 Å². The molecule has 4 aliphatic rings. The SMILES string of the molecule is O=C(C[C@H]1C[C@@H]2c3cc(NC(=O)c4ccc5c(c4)OCO5)ccc3O[C@@H]2[C@@H](CO)O1)NCCN1CCCCC1. The summed E-state index contributed by atoms with van der Waals surface area (Å²) in [5.41, 5.74) is 2.05. The fourth-order valence-corrected chi connectivity index (χ4v) is 6.02. The third kappa shape index (κ3) is 5.68. The number of ether oxygens (including phenoxy) is 4. The fraction of sp³-hybridized carbons (Fsp3) is 0.517. The first-order chi connectivity index (χ1) is 19.1. The molecule has 2 fully saturated rings. The maximum atomic E-state index is 12.9. The first kappa shape index (κ1) is 25.9. The molecule has 39 heavy (non-hydrogen) atoms. The van der Waals surface area contributed by atoms with Crippen LogP contribution in [0.25, 0.3) is 0 Å². The van der Waals surface area contributed by atoms with Gasteiger partial charge in [-0.25, -0.2) is 0 Å². The molecule has 0 aromatic heterocycles. The molecule has 2 saturated heterocycles. The molecule has 4 atom stereocenters. The standard InChI is InChI=1S/C29H35N3O7/c33-16-26-28-22(14-20(38-26)15-27(34)30-8-11-32-9-2-1-3-10-32)21-13-19(5-7-23(21)39-28)31-29(35)18-4-6-24-25(12-18)37-17-36-24/h4-7,12-13,20,22,26,28,33H,1-3,8-11,14-17H2,(H,30,34)(H,31,35)/t20-,22-,26-,28+/m1/s1. The number of piperidine rings is 1. The molecule has 0 saturated carbocycles. The van der Waals surface area contributed by atoms with Crippen LogP contribution in [0.5, 0.6) is 17.2 Å². The Labute approximate surface area is 227 Å². The molecule has 10 nitrogen and oxygen atoms in total. The molecule has 3 N–H and O–H groups in total. The lowest BCUT2D eigenvalue weighted by molar-refractivity contribution is -0.142. The van der Waals surface area contributed by atoms with Gasteiger partial charge in [0.05, 0.1) is 19.1 Å². The number of aliphatic hydroxyl groups excluding tert-OH is 1. The fourth-order valence-electron chi connectivity index (χ4n) is 6.02. The normalized spacial score (nSPS) is 25.4. The van der Waals surface area contributed by atoms with Gasteiger partial charge in [-0.3, -0.25) is 9.59 Å². The van der Waals surface area contributed by atoms with Gasteiger partial charge in [0.1, 0.15) is 18.0 Å². The summed E-state index contributed by atoms with van der Waals surface area (Å²) in [7, 11) is 0. The van der Waals surface area contributed by atoms with Crippen LogP contribution in [0.1, 0.15) is 53.9 Å². The van der Waals surface area contributed by atoms with Crippen molar-refractivity contribution in [1.29, 1.82) is 0 Å². The smallest absolute Gasteiger partial charge is 0.255 e. The Hall–Kier alpha value is -3.34. The van der Waals surface area contributed by atoms with Crippen molar-refractivity contribution >= 4 is 17.5 Å². The van der Waals surface area contributed by atoms with Crippen LogP contribution in [0.3, 0.4) is 0 Å². The van der Waals surface area contributed by atoms with Crippen molar-refractivity contribution in [3.63, 3.8) is 0 Å². The zero-order valence-corrected chi connectivity index (χ0v) is 21.9. The van der Waals surface area contributed by atoms with Crippen molar-refractivity contribution in [2.45, 2.75) is 56.3 Å². The van der Waals surface area contributed by atoms with Crippen LogP contribution in [0.4, 0.5) is 5.69 Å². The number of carbonyl (C=O) groups is 2. The Morgan fingerprint density at radius 1 is 1.00 bits per heavy atom. The number of nitrogens with one attached hydrogen (secondary N) is 2. The number of nitrogens with zero attached hydrogens (tertiary/aromatic N) is 1. The van der Waals surface area contributed by atoms with Gasteiger partial charge in [-0.2, -0.15) is 0 Å². The molecule has 4 heterocycles. The summed E-state index contributed by atoms with van der Waals surface area (Å²) >= 11 is 0. The number of likely N-dealkylation sites (tertiary alicyclic amines) is 1. The number of anilines is 1. The molecule has 0 radical (unpaired) electrons. The average molecular weight is 538 g/mol. The molecule has 2 aromatic carbocycles. The highest BCUT2D eigenvalue weighted by atomic mass is 16.7. The molecular formula is C29H35N3O7. The van der Waals surface area contributed by atoms with E-state index in [0.717, 1.165) is 25.2 Å². The Balaban J connectivity index is 1.09. The van der Waals surface area contributed by atoms with E-state index >= 15 is 0 Å². The van der Waals surface area contributed by atoms with E-state index in [4.69, 9.17) is 18.9 Å². The lowest BCUT2D eigenvalue weighted by Gasteiger charge is -2.37. The van der Waals surface area contributed by atoms with E-state index in [9.17, 15) is 14.7 Å². The topological polar surface area (TPSA) is 119 Å². The molecule has 2 aromatic rings. The van der Waals surface area contributed by atoms with Gasteiger partial charge < -0.3 is 39.6 Å². The molecule has 208 valence electrons. The van der Waals surface area contributed by atoms with Crippen LogP contribution in [-0.4, -0.2) is 79.7 Å². The van der Waals surface area contributed by atoms with Gasteiger partial charge in [0.2, 0.25) is 12.7 Å². The van der Waals surface area contributed by atoms with Crippen molar-refractivity contribution in [2.24, 2.45) is 0 Å². The summed E-state index contributed by atoms with van der Waals surface area (Å²) in [6, 6.07) is 10.6. The maximum Gasteiger partial charge on any atom is 0.255 e. The van der Waals surface area contributed by atoms with E-state index in [2.05, 4.69) is 15.5 Å². The Morgan fingerprint density at radius 3 is 2.67 bits per heavy atom. The summed E-state index contributed by atoms with van der Waals surface area (Å²) in [5.74, 6) is 1.51. The van der Waals surface area contributed by atoms with Gasteiger partial charge in [0.15, 0.2) is 11.5 Å². The predicted octanol–water partition coefficient (Wildman–Crippen LogP) is 2.65. The second kappa shape index (κ2) is 11.4. The average Bonchev–Trinajstić information content (AvgIpc) is 3.57. The number of fused-ring (bicyclic) bond motifs is 4. The number of hydrogen-bond donors (Lipinski definition) is 3. The van der Waals surface area contributed by atoms with Crippen LogP contribution in [0.2, 0.25) is 0 Å². The zero-order chi connectivity index (χ0) is 26.8. The lowest BCUT2D eigenvalue weighted by Crippen LogP contribution is -2.47. The molecule has 4 aliphatic heterocycles. The van der Waals surface area contributed by atoms with Gasteiger partial charge >= 0.3 is 0 Å². The minimum atomic E-state index is -0.533. The summed E-state index contributed by atoms with van der Waals surface area (Å²) in [6.07, 6.45) is 3.35. The van der Waals surface area contributed by atoms with Crippen molar-refractivity contribution in [3.8, 4) is 17.2 Å². The molecule has 0 unspecified atom stereocenters. The summed E-state index contributed by atoms with van der Waals surface area (Å²) < 4.78 is 23.0. The van der Waals surface area contributed by atoms with E-state index < -0.39 is 6.10 Å². The highest BCUT2D eigenvalue weighted by Crippen LogP contribution is 2.47. The maximum absolute atomic E-state index is 12.9. The monoisotopic (exact) mass is 537 g/mol. The van der Waals surface area contributed by atoms with Crippen molar-refractivity contribution < 1.29 is 33.6 Å². The number of amides is 2. The summed E-state index contributed by atoms with van der Waals surface area (Å²) in [5, 5.41) is 16.0. The van der Waals surface area contributed by atoms with Crippen LogP contribution < -0.4 is 24.8 Å². The van der Waals surface area contributed by atoms with E-state index in [-0.39, 0.29) is 49.8 Å². The number of carbonyl (C=O) groups excluding carboxylic acids is 2. The molecule has 0 bridgehead atoms. The van der Waals surface area contributed by atoms with E-state index in [0.29, 0.717) is 41.5 Å². The Bertz CT molecular complexity index is 1220. The van der Waals surface area contributed by atoms with Crippen LogP contribution in [-0.2, 0) is 9.53 Å². The lowest BCUT2D eigenvalue weighted by atomic mass is 9.84. The van der Waals surface area contributed by atoms with Crippen molar-refractivity contribution in [1.82, 2.24) is 10.2 Å². The van der Waals surface area contributed by atoms with Crippen LogP contribution >= 0.6 is 0 Å². The van der Waals surface area contributed by atoms with Gasteiger partial charge in [-0.1, -0.05) is 6.42 Å². The highest BCUT2D eigenvalue weighted by molar-refractivity contribution is 6.04. The highest BCUT2D eigenvalue weighted by Gasteiger charge is 2.46.